The Balaban J connectivity index is 3.30. The van der Waals surface area contributed by atoms with Crippen LogP contribution in [0.15, 0.2) is 18.2 Å². The highest BCUT2D eigenvalue weighted by Gasteiger charge is 2.11. The molecular weight excluding hydrogens is 204 g/mol. The van der Waals surface area contributed by atoms with Gasteiger partial charge < -0.3 is 0 Å². The Bertz CT molecular complexity index is 480. The average Bonchev–Trinajstić information content (AvgIpc) is 2.15. The molecule has 0 N–H and O–H groups in total. The van der Waals surface area contributed by atoms with Crippen LogP contribution in [0.25, 0.3) is 0 Å². The van der Waals surface area contributed by atoms with Gasteiger partial charge >= 0.3 is 0 Å². The number of hydrogen-bond acceptors (Lipinski definition) is 3. The van der Waals surface area contributed by atoms with Crippen molar-refractivity contribution < 1.29 is 4.92 Å². The Labute approximate surface area is 84.9 Å². The molecule has 0 heterocycles. The number of benzene rings is 1. The molecule has 0 aliphatic carbocycles. The van der Waals surface area contributed by atoms with Gasteiger partial charge in [0.25, 0.3) is 5.69 Å². The Morgan fingerprint density at radius 1 is 1.50 bits per heavy atom. The molecule has 0 atom stereocenters. The van der Waals surface area contributed by atoms with Crippen molar-refractivity contribution in [3.8, 4) is 17.9 Å². The quantitative estimate of drug-likeness (QED) is 0.402. The van der Waals surface area contributed by atoms with Crippen LogP contribution < -0.4 is 0 Å². The molecule has 0 saturated heterocycles. The number of nitrogens with zero attached hydrogens (tertiary/aromatic N) is 2. The first-order chi connectivity index (χ1) is 6.65. The highest BCUT2D eigenvalue weighted by atomic mass is 35.5. The second kappa shape index (κ2) is 4.27. The van der Waals surface area contributed by atoms with Crippen molar-refractivity contribution in [1.29, 1.82) is 5.26 Å². The summed E-state index contributed by atoms with van der Waals surface area (Å²) >= 11 is 5.58. The van der Waals surface area contributed by atoms with Gasteiger partial charge in [0.2, 0.25) is 0 Å². The first-order valence-electron chi connectivity index (χ1n) is 3.49. The SMILES string of the molecule is N#CC#Cc1ccc(Cl)cc1[N+](=O)[O-]. The normalized spacial score (nSPS) is 8.29. The molecule has 0 aromatic heterocycles. The summed E-state index contributed by atoms with van der Waals surface area (Å²) in [5.74, 6) is 4.45. The molecule has 1 aromatic carbocycles. The van der Waals surface area contributed by atoms with Crippen molar-refractivity contribution in [3.63, 3.8) is 0 Å². The third-order valence-electron chi connectivity index (χ3n) is 1.41. The first kappa shape index (κ1) is 10.0. The zero-order valence-corrected chi connectivity index (χ0v) is 7.58. The van der Waals surface area contributed by atoms with Crippen LogP contribution in [-0.2, 0) is 0 Å². The average molecular weight is 207 g/mol. The molecule has 0 spiro atoms. The molecule has 4 nitrogen and oxygen atoms in total. The maximum absolute atomic E-state index is 10.5. The largest absolute Gasteiger partial charge is 0.286 e. The van der Waals surface area contributed by atoms with Gasteiger partial charge in [-0.3, -0.25) is 10.1 Å². The van der Waals surface area contributed by atoms with E-state index in [4.69, 9.17) is 16.9 Å². The van der Waals surface area contributed by atoms with Gasteiger partial charge in [0.15, 0.2) is 6.07 Å². The van der Waals surface area contributed by atoms with Crippen LogP contribution in [0, 0.1) is 33.3 Å². The second-order valence-electron chi connectivity index (χ2n) is 2.28. The zero-order chi connectivity index (χ0) is 10.6. The van der Waals surface area contributed by atoms with Crippen molar-refractivity contribution in [1.82, 2.24) is 0 Å². The van der Waals surface area contributed by atoms with E-state index in [-0.39, 0.29) is 16.3 Å². The molecule has 0 unspecified atom stereocenters. The summed E-state index contributed by atoms with van der Waals surface area (Å²) < 4.78 is 0. The molecule has 14 heavy (non-hydrogen) atoms. The van der Waals surface area contributed by atoms with Crippen molar-refractivity contribution in [2.75, 3.05) is 0 Å². The van der Waals surface area contributed by atoms with E-state index in [1.54, 1.807) is 6.07 Å². The summed E-state index contributed by atoms with van der Waals surface area (Å²) in [6, 6.07) is 5.67. The van der Waals surface area contributed by atoms with E-state index in [2.05, 4.69) is 11.8 Å². The molecular formula is C9H3ClN2O2. The fraction of sp³-hybridized carbons (Fsp3) is 0. The second-order valence-corrected chi connectivity index (χ2v) is 2.72. The molecule has 1 rings (SSSR count). The topological polar surface area (TPSA) is 66.9 Å². The van der Waals surface area contributed by atoms with Gasteiger partial charge in [-0.05, 0) is 18.1 Å². The van der Waals surface area contributed by atoms with Crippen LogP contribution >= 0.6 is 11.6 Å². The summed E-state index contributed by atoms with van der Waals surface area (Å²) in [7, 11) is 0. The monoisotopic (exact) mass is 206 g/mol. The first-order valence-corrected chi connectivity index (χ1v) is 3.87. The van der Waals surface area contributed by atoms with Gasteiger partial charge in [0.05, 0.1) is 4.92 Å². The molecule has 0 aliphatic heterocycles. The molecule has 68 valence electrons. The van der Waals surface area contributed by atoms with Crippen LogP contribution in [0.4, 0.5) is 5.69 Å². The number of nitro benzene ring substituents is 1. The third-order valence-corrected chi connectivity index (χ3v) is 1.64. The van der Waals surface area contributed by atoms with Crippen LogP contribution in [0.5, 0.6) is 0 Å². The number of halogens is 1. The lowest BCUT2D eigenvalue weighted by Crippen LogP contribution is -1.91. The summed E-state index contributed by atoms with van der Waals surface area (Å²) in [6.07, 6.45) is 0. The molecule has 0 saturated carbocycles. The lowest BCUT2D eigenvalue weighted by Gasteiger charge is -1.95. The van der Waals surface area contributed by atoms with Crippen molar-refractivity contribution in [3.05, 3.63) is 38.9 Å². The maximum Gasteiger partial charge on any atom is 0.286 e. The molecule has 5 heteroatoms. The van der Waals surface area contributed by atoms with E-state index in [0.29, 0.717) is 0 Å². The fourth-order valence-electron chi connectivity index (χ4n) is 0.857. The number of nitro groups is 1. The molecule has 0 radical (unpaired) electrons. The van der Waals surface area contributed by atoms with E-state index in [1.165, 1.54) is 18.2 Å². The Morgan fingerprint density at radius 2 is 2.21 bits per heavy atom. The zero-order valence-electron chi connectivity index (χ0n) is 6.82. The van der Waals surface area contributed by atoms with Gasteiger partial charge in [-0.15, -0.1) is 0 Å². The van der Waals surface area contributed by atoms with Gasteiger partial charge in [-0.1, -0.05) is 11.6 Å². The van der Waals surface area contributed by atoms with E-state index in [0.717, 1.165) is 0 Å². The smallest absolute Gasteiger partial charge is 0.258 e. The van der Waals surface area contributed by atoms with E-state index < -0.39 is 4.92 Å². The summed E-state index contributed by atoms with van der Waals surface area (Å²) in [6.45, 7) is 0. The fourth-order valence-corrected chi connectivity index (χ4v) is 1.02. The summed E-state index contributed by atoms with van der Waals surface area (Å²) in [5.41, 5.74) is -0.0128. The van der Waals surface area contributed by atoms with Gasteiger partial charge in [-0.25, -0.2) is 0 Å². The molecule has 0 amide bonds. The number of nitriles is 1. The summed E-state index contributed by atoms with van der Waals surface area (Å²) in [4.78, 5) is 9.94. The molecule has 0 aliphatic rings. The minimum absolute atomic E-state index is 0.181. The van der Waals surface area contributed by atoms with E-state index in [9.17, 15) is 10.1 Å². The minimum atomic E-state index is -0.590. The molecule has 0 fully saturated rings. The van der Waals surface area contributed by atoms with Crippen molar-refractivity contribution in [2.24, 2.45) is 0 Å². The lowest BCUT2D eigenvalue weighted by molar-refractivity contribution is -0.385. The maximum atomic E-state index is 10.5. The van der Waals surface area contributed by atoms with Gasteiger partial charge in [0.1, 0.15) is 5.56 Å². The van der Waals surface area contributed by atoms with Crippen molar-refractivity contribution in [2.45, 2.75) is 0 Å². The highest BCUT2D eigenvalue weighted by molar-refractivity contribution is 6.30. The lowest BCUT2D eigenvalue weighted by atomic mass is 10.2. The van der Waals surface area contributed by atoms with Crippen LogP contribution in [0.3, 0.4) is 0 Å². The number of rotatable bonds is 1. The Morgan fingerprint density at radius 3 is 2.79 bits per heavy atom. The Kier molecular flexibility index (Phi) is 3.06. The van der Waals surface area contributed by atoms with Crippen molar-refractivity contribution >= 4 is 17.3 Å². The molecule has 0 bridgehead atoms. The van der Waals surface area contributed by atoms with Crippen LogP contribution in [0.2, 0.25) is 5.02 Å². The predicted molar refractivity (Wildman–Crippen MR) is 50.6 cm³/mol. The van der Waals surface area contributed by atoms with Gasteiger partial charge in [-0.2, -0.15) is 5.26 Å². The van der Waals surface area contributed by atoms with E-state index >= 15 is 0 Å². The van der Waals surface area contributed by atoms with Gasteiger partial charge in [0, 0.05) is 17.0 Å². The highest BCUT2D eigenvalue weighted by Crippen LogP contribution is 2.22. The summed E-state index contributed by atoms with van der Waals surface area (Å²) in [5, 5.41) is 19.0. The van der Waals surface area contributed by atoms with Crippen LogP contribution in [0.1, 0.15) is 5.56 Å². The van der Waals surface area contributed by atoms with Crippen LogP contribution in [-0.4, -0.2) is 4.92 Å². The third kappa shape index (κ3) is 2.22. The predicted octanol–water partition coefficient (Wildman–Crippen LogP) is 2.12. The Hall–Kier alpha value is -2.04. The number of hydrogen-bond donors (Lipinski definition) is 0. The minimum Gasteiger partial charge on any atom is -0.258 e. The van der Waals surface area contributed by atoms with E-state index in [1.807, 2.05) is 0 Å². The standard InChI is InChI=1S/C9H3ClN2O2/c10-8-4-3-7(2-1-5-11)9(6-8)12(13)14/h3-4,6H. The molecule has 1 aromatic rings.